The molecule has 0 spiro atoms. The number of carbonyl (C=O) groups excluding carboxylic acids is 1. The van der Waals surface area contributed by atoms with Gasteiger partial charge in [-0.25, -0.2) is 13.1 Å². The van der Waals surface area contributed by atoms with E-state index in [1.165, 1.54) is 0 Å². The molecular weight excluding hydrogens is 300 g/mol. The molecule has 0 saturated carbocycles. The summed E-state index contributed by atoms with van der Waals surface area (Å²) in [5, 5.41) is 0. The zero-order valence-corrected chi connectivity index (χ0v) is 14.0. The van der Waals surface area contributed by atoms with Crippen molar-refractivity contribution in [2.75, 3.05) is 13.1 Å². The number of hydrogen-bond acceptors (Lipinski definition) is 3. The zero-order valence-electron chi connectivity index (χ0n) is 13.2. The molecule has 0 bridgehead atoms. The predicted molar refractivity (Wildman–Crippen MR) is 86.8 cm³/mol. The average Bonchev–Trinajstić information content (AvgIpc) is 2.46. The number of aryl methyl sites for hydroxylation is 1. The lowest BCUT2D eigenvalue weighted by molar-refractivity contribution is -0.131. The van der Waals surface area contributed by atoms with Gasteiger partial charge in [-0.2, -0.15) is 0 Å². The molecule has 1 fully saturated rings. The van der Waals surface area contributed by atoms with Crippen LogP contribution in [0.25, 0.3) is 0 Å². The minimum atomic E-state index is -3.35. The van der Waals surface area contributed by atoms with Crippen LogP contribution in [0.15, 0.2) is 24.3 Å². The molecule has 1 saturated heterocycles. The molecule has 1 aromatic rings. The van der Waals surface area contributed by atoms with Crippen LogP contribution in [-0.4, -0.2) is 38.4 Å². The van der Waals surface area contributed by atoms with Gasteiger partial charge in [0.05, 0.1) is 5.75 Å². The van der Waals surface area contributed by atoms with Gasteiger partial charge >= 0.3 is 0 Å². The van der Waals surface area contributed by atoms with Gasteiger partial charge in [0.2, 0.25) is 15.9 Å². The third kappa shape index (κ3) is 4.81. The molecule has 22 heavy (non-hydrogen) atoms. The number of hydrogen-bond donors (Lipinski definition) is 1. The summed E-state index contributed by atoms with van der Waals surface area (Å²) in [5.74, 6) is 0.143. The smallest absolute Gasteiger partial charge is 0.222 e. The third-order valence-corrected chi connectivity index (χ3v) is 5.34. The third-order valence-electron chi connectivity index (χ3n) is 3.94. The Morgan fingerprint density at radius 2 is 2.00 bits per heavy atom. The monoisotopic (exact) mass is 324 g/mol. The molecule has 6 heteroatoms. The van der Waals surface area contributed by atoms with Crippen molar-refractivity contribution in [3.8, 4) is 0 Å². The highest BCUT2D eigenvalue weighted by molar-refractivity contribution is 7.88. The van der Waals surface area contributed by atoms with E-state index in [0.717, 1.165) is 11.1 Å². The maximum atomic E-state index is 12.3. The summed E-state index contributed by atoms with van der Waals surface area (Å²) in [6.07, 6.45) is 1.86. The van der Waals surface area contributed by atoms with Crippen molar-refractivity contribution >= 4 is 15.9 Å². The molecule has 0 atom stereocenters. The van der Waals surface area contributed by atoms with Crippen LogP contribution in [0.4, 0.5) is 0 Å². The first-order valence-corrected chi connectivity index (χ1v) is 9.38. The first kappa shape index (κ1) is 17.0. The summed E-state index contributed by atoms with van der Waals surface area (Å²) in [7, 11) is -3.35. The second-order valence-electron chi connectivity index (χ2n) is 5.87. The molecule has 1 heterocycles. The molecule has 122 valence electrons. The standard InChI is InChI=1S/C16H24N2O3S/c1-3-16(19)18-9-7-15(8-10-18)17-22(20,21)12-14-6-4-5-13(2)11-14/h4-6,11,15,17H,3,7-10,12H2,1-2H3. The largest absolute Gasteiger partial charge is 0.343 e. The number of amides is 1. The van der Waals surface area contributed by atoms with Gasteiger partial charge in [-0.05, 0) is 25.3 Å². The summed E-state index contributed by atoms with van der Waals surface area (Å²) in [4.78, 5) is 13.4. The van der Waals surface area contributed by atoms with Gasteiger partial charge in [0, 0.05) is 25.6 Å². The maximum absolute atomic E-state index is 12.3. The Balaban J connectivity index is 1.89. The number of nitrogens with one attached hydrogen (secondary N) is 1. The molecule has 5 nitrogen and oxygen atoms in total. The molecule has 0 aliphatic carbocycles. The highest BCUT2D eigenvalue weighted by Gasteiger charge is 2.25. The second kappa shape index (κ2) is 7.24. The van der Waals surface area contributed by atoms with Crippen LogP contribution < -0.4 is 4.72 Å². The van der Waals surface area contributed by atoms with Crippen LogP contribution in [-0.2, 0) is 20.6 Å². The number of likely N-dealkylation sites (tertiary alicyclic amines) is 1. The fourth-order valence-electron chi connectivity index (χ4n) is 2.79. The van der Waals surface area contributed by atoms with Gasteiger partial charge in [-0.1, -0.05) is 36.8 Å². The van der Waals surface area contributed by atoms with Crippen molar-refractivity contribution in [2.24, 2.45) is 0 Å². The molecule has 1 aliphatic heterocycles. The van der Waals surface area contributed by atoms with E-state index in [4.69, 9.17) is 0 Å². The van der Waals surface area contributed by atoms with Crippen molar-refractivity contribution in [3.63, 3.8) is 0 Å². The van der Waals surface area contributed by atoms with Crippen molar-refractivity contribution in [3.05, 3.63) is 35.4 Å². The van der Waals surface area contributed by atoms with Gasteiger partial charge < -0.3 is 4.90 Å². The van der Waals surface area contributed by atoms with Crippen LogP contribution in [0.3, 0.4) is 0 Å². The van der Waals surface area contributed by atoms with E-state index in [-0.39, 0.29) is 17.7 Å². The minimum absolute atomic E-state index is 0.00276. The SMILES string of the molecule is CCC(=O)N1CCC(NS(=O)(=O)Cc2cccc(C)c2)CC1. The van der Waals surface area contributed by atoms with E-state index in [9.17, 15) is 13.2 Å². The highest BCUT2D eigenvalue weighted by atomic mass is 32.2. The fourth-order valence-corrected chi connectivity index (χ4v) is 4.23. The van der Waals surface area contributed by atoms with E-state index in [2.05, 4.69) is 4.72 Å². The predicted octanol–water partition coefficient (Wildman–Crippen LogP) is 1.82. The number of benzene rings is 1. The lowest BCUT2D eigenvalue weighted by Crippen LogP contribution is -2.46. The van der Waals surface area contributed by atoms with Crippen LogP contribution in [0.2, 0.25) is 0 Å². The summed E-state index contributed by atoms with van der Waals surface area (Å²) in [5.41, 5.74) is 1.85. The van der Waals surface area contributed by atoms with Crippen molar-refractivity contribution in [1.29, 1.82) is 0 Å². The molecule has 1 amide bonds. The number of piperidine rings is 1. The van der Waals surface area contributed by atoms with E-state index < -0.39 is 10.0 Å². The summed E-state index contributed by atoms with van der Waals surface area (Å²) >= 11 is 0. The Bertz CT molecular complexity index is 620. The summed E-state index contributed by atoms with van der Waals surface area (Å²) in [6, 6.07) is 7.46. The molecule has 0 unspecified atom stereocenters. The van der Waals surface area contributed by atoms with Gasteiger partial charge in [-0.15, -0.1) is 0 Å². The van der Waals surface area contributed by atoms with Crippen LogP contribution in [0.5, 0.6) is 0 Å². The molecular formula is C16H24N2O3S. The molecule has 1 N–H and O–H groups in total. The number of nitrogens with zero attached hydrogens (tertiary/aromatic N) is 1. The number of carbonyl (C=O) groups is 1. The molecule has 2 rings (SSSR count). The van der Waals surface area contributed by atoms with Gasteiger partial charge in [0.1, 0.15) is 0 Å². The Hall–Kier alpha value is -1.40. The van der Waals surface area contributed by atoms with Gasteiger partial charge in [-0.3, -0.25) is 4.79 Å². The number of sulfonamides is 1. The Morgan fingerprint density at radius 3 is 2.59 bits per heavy atom. The van der Waals surface area contributed by atoms with Gasteiger partial charge in [0.15, 0.2) is 0 Å². The van der Waals surface area contributed by atoms with E-state index in [0.29, 0.717) is 32.4 Å². The maximum Gasteiger partial charge on any atom is 0.222 e. The van der Waals surface area contributed by atoms with E-state index in [1.807, 2.05) is 43.0 Å². The first-order valence-electron chi connectivity index (χ1n) is 7.73. The Kier molecular flexibility index (Phi) is 5.58. The van der Waals surface area contributed by atoms with Crippen LogP contribution >= 0.6 is 0 Å². The van der Waals surface area contributed by atoms with E-state index in [1.54, 1.807) is 0 Å². The van der Waals surface area contributed by atoms with Crippen LogP contribution in [0.1, 0.15) is 37.3 Å². The van der Waals surface area contributed by atoms with Gasteiger partial charge in [0.25, 0.3) is 0 Å². The fraction of sp³-hybridized carbons (Fsp3) is 0.562. The quantitative estimate of drug-likeness (QED) is 0.898. The first-order chi connectivity index (χ1) is 10.4. The van der Waals surface area contributed by atoms with Crippen molar-refractivity contribution in [2.45, 2.75) is 44.9 Å². The topological polar surface area (TPSA) is 66.5 Å². The molecule has 1 aliphatic rings. The lowest BCUT2D eigenvalue weighted by Gasteiger charge is -2.32. The second-order valence-corrected chi connectivity index (χ2v) is 7.63. The highest BCUT2D eigenvalue weighted by Crippen LogP contribution is 2.14. The zero-order chi connectivity index (χ0) is 16.2. The minimum Gasteiger partial charge on any atom is -0.343 e. The number of rotatable bonds is 5. The lowest BCUT2D eigenvalue weighted by atomic mass is 10.1. The van der Waals surface area contributed by atoms with Crippen molar-refractivity contribution in [1.82, 2.24) is 9.62 Å². The molecule has 0 aromatic heterocycles. The normalized spacial score (nSPS) is 16.7. The van der Waals surface area contributed by atoms with Crippen LogP contribution in [0, 0.1) is 6.92 Å². The Labute approximate surface area is 132 Å². The summed E-state index contributed by atoms with van der Waals surface area (Å²) < 4.78 is 27.3. The Morgan fingerprint density at radius 1 is 1.32 bits per heavy atom. The van der Waals surface area contributed by atoms with E-state index >= 15 is 0 Å². The van der Waals surface area contributed by atoms with Crippen molar-refractivity contribution < 1.29 is 13.2 Å². The molecule has 0 radical (unpaired) electrons. The molecule has 1 aromatic carbocycles. The average molecular weight is 324 g/mol. The summed E-state index contributed by atoms with van der Waals surface area (Å²) in [6.45, 7) is 5.05.